The fourth-order valence-corrected chi connectivity index (χ4v) is 1.86. The van der Waals surface area contributed by atoms with E-state index in [9.17, 15) is 4.39 Å². The SMILES string of the molecule is Nc1ccncc1Cc1cc(F)ccc1Br. The van der Waals surface area contributed by atoms with Crippen molar-refractivity contribution >= 4 is 21.6 Å². The van der Waals surface area contributed by atoms with Crippen molar-refractivity contribution in [1.29, 1.82) is 0 Å². The number of nitrogens with zero attached hydrogens (tertiary/aromatic N) is 1. The molecule has 16 heavy (non-hydrogen) atoms. The molecule has 0 unspecified atom stereocenters. The lowest BCUT2D eigenvalue weighted by molar-refractivity contribution is 0.625. The van der Waals surface area contributed by atoms with Crippen molar-refractivity contribution in [3.05, 3.63) is 58.1 Å². The van der Waals surface area contributed by atoms with Gasteiger partial charge in [-0.15, -0.1) is 0 Å². The summed E-state index contributed by atoms with van der Waals surface area (Å²) in [4.78, 5) is 4.00. The Morgan fingerprint density at radius 1 is 1.25 bits per heavy atom. The lowest BCUT2D eigenvalue weighted by Gasteiger charge is -2.06. The van der Waals surface area contributed by atoms with Gasteiger partial charge in [0.25, 0.3) is 0 Å². The number of anilines is 1. The molecule has 0 fully saturated rings. The molecule has 0 atom stereocenters. The van der Waals surface area contributed by atoms with Gasteiger partial charge in [-0.2, -0.15) is 0 Å². The maximum Gasteiger partial charge on any atom is 0.123 e. The number of benzene rings is 1. The highest BCUT2D eigenvalue weighted by molar-refractivity contribution is 9.10. The van der Waals surface area contributed by atoms with Crippen LogP contribution in [0.2, 0.25) is 0 Å². The highest BCUT2D eigenvalue weighted by atomic mass is 79.9. The van der Waals surface area contributed by atoms with Crippen molar-refractivity contribution in [2.45, 2.75) is 6.42 Å². The van der Waals surface area contributed by atoms with Crippen molar-refractivity contribution in [1.82, 2.24) is 4.98 Å². The van der Waals surface area contributed by atoms with Crippen LogP contribution in [0.3, 0.4) is 0 Å². The van der Waals surface area contributed by atoms with Gasteiger partial charge in [-0.3, -0.25) is 4.98 Å². The van der Waals surface area contributed by atoms with Crippen molar-refractivity contribution in [3.63, 3.8) is 0 Å². The molecular weight excluding hydrogens is 271 g/mol. The summed E-state index contributed by atoms with van der Waals surface area (Å²) in [6.45, 7) is 0. The van der Waals surface area contributed by atoms with E-state index >= 15 is 0 Å². The molecule has 0 bridgehead atoms. The maximum atomic E-state index is 13.1. The first-order valence-electron chi connectivity index (χ1n) is 4.79. The van der Waals surface area contributed by atoms with E-state index in [-0.39, 0.29) is 5.82 Å². The largest absolute Gasteiger partial charge is 0.398 e. The molecule has 1 heterocycles. The summed E-state index contributed by atoms with van der Waals surface area (Å²) in [5.41, 5.74) is 8.24. The second kappa shape index (κ2) is 4.61. The van der Waals surface area contributed by atoms with Crippen molar-refractivity contribution in [3.8, 4) is 0 Å². The van der Waals surface area contributed by atoms with Gasteiger partial charge in [-0.25, -0.2) is 4.39 Å². The summed E-state index contributed by atoms with van der Waals surface area (Å²) in [6, 6.07) is 6.34. The second-order valence-corrected chi connectivity index (χ2v) is 4.34. The fraction of sp³-hybridized carbons (Fsp3) is 0.0833. The van der Waals surface area contributed by atoms with Gasteiger partial charge in [-0.1, -0.05) is 15.9 Å². The monoisotopic (exact) mass is 280 g/mol. The van der Waals surface area contributed by atoms with E-state index in [1.165, 1.54) is 12.1 Å². The Labute approximate surface area is 101 Å². The summed E-state index contributed by atoms with van der Waals surface area (Å²) in [5.74, 6) is -0.249. The van der Waals surface area contributed by atoms with Gasteiger partial charge in [0, 0.05) is 29.0 Å². The van der Waals surface area contributed by atoms with E-state index in [0.717, 1.165) is 15.6 Å². The van der Waals surface area contributed by atoms with E-state index in [4.69, 9.17) is 5.73 Å². The molecule has 2 rings (SSSR count). The zero-order valence-corrected chi connectivity index (χ0v) is 10.0. The van der Waals surface area contributed by atoms with Crippen LogP contribution in [0.25, 0.3) is 0 Å². The Hall–Kier alpha value is -1.42. The van der Waals surface area contributed by atoms with Crippen molar-refractivity contribution < 1.29 is 4.39 Å². The molecule has 1 aromatic heterocycles. The third kappa shape index (κ3) is 2.39. The number of nitrogens with two attached hydrogens (primary N) is 1. The molecule has 2 N–H and O–H groups in total. The molecule has 0 spiro atoms. The normalized spacial score (nSPS) is 10.4. The molecule has 0 aliphatic carbocycles. The molecule has 1 aromatic carbocycles. The molecule has 0 aliphatic heterocycles. The Bertz CT molecular complexity index is 514. The summed E-state index contributed by atoms with van der Waals surface area (Å²) < 4.78 is 14.0. The van der Waals surface area contributed by atoms with Crippen molar-refractivity contribution in [2.75, 3.05) is 5.73 Å². The number of nitrogen functional groups attached to an aromatic ring is 1. The molecule has 0 saturated carbocycles. The number of hydrogen-bond acceptors (Lipinski definition) is 2. The number of aromatic nitrogens is 1. The van der Waals surface area contributed by atoms with Crippen LogP contribution in [-0.2, 0) is 6.42 Å². The third-order valence-electron chi connectivity index (χ3n) is 2.33. The first-order valence-corrected chi connectivity index (χ1v) is 5.58. The molecule has 82 valence electrons. The average Bonchev–Trinajstić information content (AvgIpc) is 2.27. The molecular formula is C12H10BrFN2. The summed E-state index contributed by atoms with van der Waals surface area (Å²) in [7, 11) is 0. The fourth-order valence-electron chi connectivity index (χ4n) is 1.47. The third-order valence-corrected chi connectivity index (χ3v) is 3.10. The topological polar surface area (TPSA) is 38.9 Å². The number of hydrogen-bond donors (Lipinski definition) is 1. The molecule has 2 aromatic rings. The zero-order chi connectivity index (χ0) is 11.5. The smallest absolute Gasteiger partial charge is 0.123 e. The van der Waals surface area contributed by atoms with Crippen LogP contribution in [-0.4, -0.2) is 4.98 Å². The van der Waals surface area contributed by atoms with E-state index < -0.39 is 0 Å². The molecule has 4 heteroatoms. The number of rotatable bonds is 2. The Morgan fingerprint density at radius 3 is 2.81 bits per heavy atom. The van der Waals surface area contributed by atoms with Gasteiger partial charge in [-0.05, 0) is 35.4 Å². The minimum atomic E-state index is -0.249. The average molecular weight is 281 g/mol. The predicted molar refractivity (Wildman–Crippen MR) is 65.6 cm³/mol. The van der Waals surface area contributed by atoms with Gasteiger partial charge < -0.3 is 5.73 Å². The van der Waals surface area contributed by atoms with Gasteiger partial charge in [0.05, 0.1) is 0 Å². The summed E-state index contributed by atoms with van der Waals surface area (Å²) in [5, 5.41) is 0. The Morgan fingerprint density at radius 2 is 2.06 bits per heavy atom. The molecule has 0 amide bonds. The van der Waals surface area contributed by atoms with Gasteiger partial charge >= 0.3 is 0 Å². The van der Waals surface area contributed by atoms with Crippen LogP contribution in [0.1, 0.15) is 11.1 Å². The maximum absolute atomic E-state index is 13.1. The van der Waals surface area contributed by atoms with Crippen LogP contribution in [0.15, 0.2) is 41.1 Å². The van der Waals surface area contributed by atoms with Crippen LogP contribution in [0.5, 0.6) is 0 Å². The standard InChI is InChI=1S/C12H10BrFN2/c13-11-2-1-10(14)6-8(11)5-9-7-16-4-3-12(9)15/h1-4,6-7H,5H2,(H2,15,16). The van der Waals surface area contributed by atoms with Gasteiger partial charge in [0.15, 0.2) is 0 Å². The van der Waals surface area contributed by atoms with Gasteiger partial charge in [0.1, 0.15) is 5.82 Å². The highest BCUT2D eigenvalue weighted by Gasteiger charge is 2.05. The van der Waals surface area contributed by atoms with E-state index in [0.29, 0.717) is 12.1 Å². The van der Waals surface area contributed by atoms with Crippen LogP contribution in [0, 0.1) is 5.82 Å². The lowest BCUT2D eigenvalue weighted by atomic mass is 10.1. The number of halogens is 2. The van der Waals surface area contributed by atoms with Gasteiger partial charge in [0.2, 0.25) is 0 Å². The van der Waals surface area contributed by atoms with Crippen molar-refractivity contribution in [2.24, 2.45) is 0 Å². The zero-order valence-electron chi connectivity index (χ0n) is 8.45. The predicted octanol–water partition coefficient (Wildman–Crippen LogP) is 3.16. The minimum absolute atomic E-state index is 0.249. The van der Waals surface area contributed by atoms with Crippen LogP contribution < -0.4 is 5.73 Å². The molecule has 0 radical (unpaired) electrons. The number of pyridine rings is 1. The highest BCUT2D eigenvalue weighted by Crippen LogP contribution is 2.22. The second-order valence-electron chi connectivity index (χ2n) is 3.49. The minimum Gasteiger partial charge on any atom is -0.398 e. The van der Waals surface area contributed by atoms with Crippen LogP contribution >= 0.6 is 15.9 Å². The quantitative estimate of drug-likeness (QED) is 0.918. The van der Waals surface area contributed by atoms with E-state index in [1.54, 1.807) is 24.5 Å². The summed E-state index contributed by atoms with van der Waals surface area (Å²) in [6.07, 6.45) is 3.91. The van der Waals surface area contributed by atoms with E-state index in [1.807, 2.05) is 0 Å². The first-order chi connectivity index (χ1) is 7.66. The molecule has 0 saturated heterocycles. The lowest BCUT2D eigenvalue weighted by Crippen LogP contribution is -1.97. The summed E-state index contributed by atoms with van der Waals surface area (Å²) >= 11 is 3.38. The van der Waals surface area contributed by atoms with Crippen LogP contribution in [0.4, 0.5) is 10.1 Å². The molecule has 2 nitrogen and oxygen atoms in total. The first kappa shape index (κ1) is 11.1. The Balaban J connectivity index is 2.34. The van der Waals surface area contributed by atoms with E-state index in [2.05, 4.69) is 20.9 Å². The molecule has 0 aliphatic rings. The Kier molecular flexibility index (Phi) is 3.19.